The first kappa shape index (κ1) is 11.7. The largest absolute Gasteiger partial charge is 0.507 e. The number of phenolic OH excluding ortho intramolecular Hbond substituents is 1. The van der Waals surface area contributed by atoms with Crippen LogP contribution in [0.5, 0.6) is 5.75 Å². The zero-order valence-electron chi connectivity index (χ0n) is 10.0. The number of rotatable bonds is 1. The maximum Gasteiger partial charge on any atom is 0.121 e. The first-order chi connectivity index (χ1) is 7.46. The van der Waals surface area contributed by atoms with Crippen LogP contribution in [0.25, 0.3) is 0 Å². The number of benzene rings is 1. The van der Waals surface area contributed by atoms with Gasteiger partial charge in [-0.25, -0.2) is 0 Å². The van der Waals surface area contributed by atoms with E-state index in [0.717, 1.165) is 41.1 Å². The van der Waals surface area contributed by atoms with Crippen molar-refractivity contribution in [1.82, 2.24) is 5.32 Å². The van der Waals surface area contributed by atoms with Crippen LogP contribution in [0.1, 0.15) is 36.5 Å². The number of nitrogens with one attached hydrogen (secondary N) is 1. The quantitative estimate of drug-likeness (QED) is 0.789. The topological polar surface area (TPSA) is 32.3 Å². The molecule has 2 N–H and O–H groups in total. The van der Waals surface area contributed by atoms with Gasteiger partial charge in [-0.2, -0.15) is 0 Å². The fraction of sp³-hybridized carbons (Fsp3) is 0.538. The smallest absolute Gasteiger partial charge is 0.121 e. The zero-order valence-corrected chi connectivity index (χ0v) is 10.8. The van der Waals surface area contributed by atoms with Crippen LogP contribution >= 0.6 is 11.6 Å². The molecule has 88 valence electrons. The highest BCUT2D eigenvalue weighted by molar-refractivity contribution is 6.31. The summed E-state index contributed by atoms with van der Waals surface area (Å²) in [6.07, 6.45) is 2.22. The number of hydrogen-bond acceptors (Lipinski definition) is 2. The average molecular weight is 240 g/mol. The van der Waals surface area contributed by atoms with Crippen molar-refractivity contribution in [2.75, 3.05) is 6.54 Å². The minimum absolute atomic E-state index is 0.0909. The zero-order chi connectivity index (χ0) is 11.9. The van der Waals surface area contributed by atoms with Crippen molar-refractivity contribution in [2.45, 2.75) is 39.2 Å². The Morgan fingerprint density at radius 2 is 2.12 bits per heavy atom. The molecule has 0 aliphatic carbocycles. The second-order valence-corrected chi connectivity index (χ2v) is 5.29. The van der Waals surface area contributed by atoms with E-state index < -0.39 is 0 Å². The highest BCUT2D eigenvalue weighted by atomic mass is 35.5. The van der Waals surface area contributed by atoms with Gasteiger partial charge < -0.3 is 10.4 Å². The van der Waals surface area contributed by atoms with E-state index in [9.17, 15) is 5.11 Å². The van der Waals surface area contributed by atoms with Gasteiger partial charge in [0.05, 0.1) is 0 Å². The molecule has 0 radical (unpaired) electrons. The molecule has 2 rings (SSSR count). The van der Waals surface area contributed by atoms with Crippen LogP contribution in [-0.2, 0) is 5.54 Å². The summed E-state index contributed by atoms with van der Waals surface area (Å²) in [5.74, 6) is 0.370. The van der Waals surface area contributed by atoms with Crippen LogP contribution in [0.3, 0.4) is 0 Å². The molecule has 3 heteroatoms. The standard InChI is InChI=1S/C13H18ClNO/c1-8-7-10(14)11(9(2)12(8)16)13(3)5-4-6-15-13/h7,15-16H,4-6H2,1-3H3. The van der Waals surface area contributed by atoms with Crippen molar-refractivity contribution in [1.29, 1.82) is 0 Å². The third-order valence-corrected chi connectivity index (χ3v) is 3.90. The fourth-order valence-corrected chi connectivity index (χ4v) is 3.22. The average Bonchev–Trinajstić information content (AvgIpc) is 2.62. The monoisotopic (exact) mass is 239 g/mol. The lowest BCUT2D eigenvalue weighted by atomic mass is 9.86. The summed E-state index contributed by atoms with van der Waals surface area (Å²) in [5, 5.41) is 14.2. The molecule has 1 unspecified atom stereocenters. The molecule has 1 fully saturated rings. The maximum atomic E-state index is 10.00. The molecular formula is C13H18ClNO. The molecule has 0 bridgehead atoms. The van der Waals surface area contributed by atoms with Gasteiger partial charge in [0.15, 0.2) is 0 Å². The van der Waals surface area contributed by atoms with Gasteiger partial charge in [-0.1, -0.05) is 11.6 Å². The van der Waals surface area contributed by atoms with Gasteiger partial charge in [-0.3, -0.25) is 0 Å². The van der Waals surface area contributed by atoms with E-state index in [1.54, 1.807) is 0 Å². The Morgan fingerprint density at radius 3 is 2.69 bits per heavy atom. The molecule has 0 amide bonds. The minimum Gasteiger partial charge on any atom is -0.507 e. The molecule has 1 heterocycles. The Kier molecular flexibility index (Phi) is 2.89. The number of hydrogen-bond donors (Lipinski definition) is 2. The Morgan fingerprint density at radius 1 is 1.44 bits per heavy atom. The van der Waals surface area contributed by atoms with E-state index in [1.807, 2.05) is 19.9 Å². The van der Waals surface area contributed by atoms with Crippen LogP contribution in [-0.4, -0.2) is 11.7 Å². The van der Waals surface area contributed by atoms with Crippen molar-refractivity contribution in [3.63, 3.8) is 0 Å². The molecule has 0 spiro atoms. The lowest BCUT2D eigenvalue weighted by Gasteiger charge is -2.29. The Hall–Kier alpha value is -0.730. The van der Waals surface area contributed by atoms with E-state index in [0.29, 0.717) is 5.75 Å². The number of aromatic hydroxyl groups is 1. The molecule has 2 nitrogen and oxygen atoms in total. The van der Waals surface area contributed by atoms with Crippen molar-refractivity contribution < 1.29 is 5.11 Å². The van der Waals surface area contributed by atoms with Crippen molar-refractivity contribution in [3.05, 3.63) is 27.8 Å². The summed E-state index contributed by atoms with van der Waals surface area (Å²) in [4.78, 5) is 0. The number of phenols is 1. The SMILES string of the molecule is Cc1cc(Cl)c(C2(C)CCCN2)c(C)c1O. The predicted molar refractivity (Wildman–Crippen MR) is 67.2 cm³/mol. The van der Waals surface area contributed by atoms with Crippen molar-refractivity contribution >= 4 is 11.6 Å². The van der Waals surface area contributed by atoms with E-state index in [4.69, 9.17) is 11.6 Å². The summed E-state index contributed by atoms with van der Waals surface area (Å²) < 4.78 is 0. The molecular weight excluding hydrogens is 222 g/mol. The van der Waals surface area contributed by atoms with Gasteiger partial charge in [0.2, 0.25) is 0 Å². The fourth-order valence-electron chi connectivity index (χ4n) is 2.71. The van der Waals surface area contributed by atoms with E-state index in [2.05, 4.69) is 12.2 Å². The van der Waals surface area contributed by atoms with Gasteiger partial charge >= 0.3 is 0 Å². The Bertz CT molecular complexity index is 422. The third kappa shape index (κ3) is 1.70. The van der Waals surface area contributed by atoms with Gasteiger partial charge in [0.1, 0.15) is 5.75 Å². The second-order valence-electron chi connectivity index (χ2n) is 4.89. The van der Waals surface area contributed by atoms with Crippen LogP contribution in [0.4, 0.5) is 0 Å². The molecule has 0 aromatic heterocycles. The normalized spacial score (nSPS) is 25.0. The third-order valence-electron chi connectivity index (χ3n) is 3.61. The Labute approximate surface area is 102 Å². The van der Waals surface area contributed by atoms with Crippen molar-refractivity contribution in [3.8, 4) is 5.75 Å². The van der Waals surface area contributed by atoms with Gasteiger partial charge in [0, 0.05) is 10.6 Å². The van der Waals surface area contributed by atoms with Crippen LogP contribution < -0.4 is 5.32 Å². The first-order valence-corrected chi connectivity index (χ1v) is 6.08. The molecule has 1 aromatic carbocycles. The molecule has 1 saturated heterocycles. The highest BCUT2D eigenvalue weighted by Crippen LogP contribution is 2.41. The molecule has 1 atom stereocenters. The molecule has 1 aliphatic rings. The van der Waals surface area contributed by atoms with Crippen LogP contribution in [0.2, 0.25) is 5.02 Å². The predicted octanol–water partition coefficient (Wildman–Crippen LogP) is 3.26. The van der Waals surface area contributed by atoms with E-state index in [-0.39, 0.29) is 5.54 Å². The van der Waals surface area contributed by atoms with E-state index >= 15 is 0 Å². The molecule has 1 aromatic rings. The number of halogens is 1. The second kappa shape index (κ2) is 3.94. The first-order valence-electron chi connectivity index (χ1n) is 5.70. The highest BCUT2D eigenvalue weighted by Gasteiger charge is 2.34. The molecule has 1 aliphatic heterocycles. The number of aryl methyl sites for hydroxylation is 1. The Balaban J connectivity index is 2.60. The summed E-state index contributed by atoms with van der Waals surface area (Å²) in [6.45, 7) is 6.99. The van der Waals surface area contributed by atoms with Crippen LogP contribution in [0.15, 0.2) is 6.07 Å². The summed E-state index contributed by atoms with van der Waals surface area (Å²) in [6, 6.07) is 1.85. The van der Waals surface area contributed by atoms with Crippen molar-refractivity contribution in [2.24, 2.45) is 0 Å². The lowest BCUT2D eigenvalue weighted by molar-refractivity contribution is 0.421. The van der Waals surface area contributed by atoms with Gasteiger partial charge in [-0.05, 0) is 62.9 Å². The summed E-state index contributed by atoms with van der Waals surface area (Å²) in [7, 11) is 0. The summed E-state index contributed by atoms with van der Waals surface area (Å²) >= 11 is 6.33. The minimum atomic E-state index is -0.0909. The van der Waals surface area contributed by atoms with Gasteiger partial charge in [0.25, 0.3) is 0 Å². The molecule has 0 saturated carbocycles. The summed E-state index contributed by atoms with van der Waals surface area (Å²) in [5.41, 5.74) is 2.70. The maximum absolute atomic E-state index is 10.00. The lowest BCUT2D eigenvalue weighted by Crippen LogP contribution is -2.34. The van der Waals surface area contributed by atoms with Crippen LogP contribution in [0, 0.1) is 13.8 Å². The molecule has 16 heavy (non-hydrogen) atoms. The van der Waals surface area contributed by atoms with Gasteiger partial charge in [-0.15, -0.1) is 0 Å². The van der Waals surface area contributed by atoms with E-state index in [1.165, 1.54) is 0 Å².